The van der Waals surface area contributed by atoms with Crippen LogP contribution in [-0.4, -0.2) is 49.9 Å². The first kappa shape index (κ1) is 18.8. The Bertz CT molecular complexity index is 1170. The standard InChI is InChI=1S/C25H25N3O2/c1-16-6-4-9-21(17(16)2)28-24(29)19-8-5-7-18-22(27-14-12-26(3)13-15-27)11-10-20(23(18)19)25(28)30/h4-11H,12-15H2,1-3H3. The van der Waals surface area contributed by atoms with Gasteiger partial charge in [-0.3, -0.25) is 9.59 Å². The molecule has 2 aliphatic rings. The van der Waals surface area contributed by atoms with E-state index in [9.17, 15) is 9.59 Å². The molecule has 2 heterocycles. The lowest BCUT2D eigenvalue weighted by Gasteiger charge is -2.36. The molecule has 0 saturated carbocycles. The highest BCUT2D eigenvalue weighted by atomic mass is 16.2. The zero-order chi connectivity index (χ0) is 21.0. The number of aryl methyl sites for hydroxylation is 1. The Kier molecular flexibility index (Phi) is 4.36. The van der Waals surface area contributed by atoms with Crippen molar-refractivity contribution in [2.24, 2.45) is 0 Å². The average molecular weight is 399 g/mol. The van der Waals surface area contributed by atoms with Crippen LogP contribution in [0.1, 0.15) is 31.8 Å². The SMILES string of the molecule is Cc1cccc(N2C(=O)c3cccc4c(N5CCN(C)CC5)ccc(c34)C2=O)c1C. The summed E-state index contributed by atoms with van der Waals surface area (Å²) in [7, 11) is 2.13. The molecule has 5 rings (SSSR count). The van der Waals surface area contributed by atoms with E-state index in [1.807, 2.05) is 62.4 Å². The van der Waals surface area contributed by atoms with Gasteiger partial charge in [0.25, 0.3) is 11.8 Å². The summed E-state index contributed by atoms with van der Waals surface area (Å²) < 4.78 is 0. The second-order valence-corrected chi connectivity index (χ2v) is 8.32. The molecule has 3 aromatic rings. The van der Waals surface area contributed by atoms with Gasteiger partial charge in [-0.05, 0) is 56.3 Å². The highest BCUT2D eigenvalue weighted by Crippen LogP contribution is 2.38. The fourth-order valence-corrected chi connectivity index (χ4v) is 4.60. The molecule has 1 saturated heterocycles. The van der Waals surface area contributed by atoms with E-state index in [1.54, 1.807) is 0 Å². The molecular weight excluding hydrogens is 374 g/mol. The lowest BCUT2D eigenvalue weighted by molar-refractivity contribution is 0.0893. The number of hydrogen-bond acceptors (Lipinski definition) is 4. The highest BCUT2D eigenvalue weighted by molar-refractivity contribution is 6.36. The molecular formula is C25H25N3O2. The largest absolute Gasteiger partial charge is 0.368 e. The molecule has 0 atom stereocenters. The molecule has 1 fully saturated rings. The highest BCUT2D eigenvalue weighted by Gasteiger charge is 2.35. The quantitative estimate of drug-likeness (QED) is 0.611. The zero-order valence-electron chi connectivity index (χ0n) is 17.6. The number of likely N-dealkylation sites (N-methyl/N-ethyl adjacent to an activating group) is 1. The van der Waals surface area contributed by atoms with Gasteiger partial charge >= 0.3 is 0 Å². The molecule has 5 nitrogen and oxygen atoms in total. The number of rotatable bonds is 2. The van der Waals surface area contributed by atoms with Crippen molar-refractivity contribution in [3.05, 3.63) is 70.8 Å². The van der Waals surface area contributed by atoms with Gasteiger partial charge in [-0.25, -0.2) is 4.90 Å². The maximum Gasteiger partial charge on any atom is 0.265 e. The van der Waals surface area contributed by atoms with Gasteiger partial charge < -0.3 is 9.80 Å². The van der Waals surface area contributed by atoms with Crippen molar-refractivity contribution < 1.29 is 9.59 Å². The van der Waals surface area contributed by atoms with Crippen molar-refractivity contribution in [3.63, 3.8) is 0 Å². The maximum absolute atomic E-state index is 13.5. The van der Waals surface area contributed by atoms with Crippen LogP contribution in [0.5, 0.6) is 0 Å². The Morgan fingerprint density at radius 2 is 1.40 bits per heavy atom. The Labute approximate surface area is 176 Å². The Morgan fingerprint density at radius 1 is 0.733 bits per heavy atom. The number of imide groups is 1. The van der Waals surface area contributed by atoms with Crippen molar-refractivity contribution in [1.82, 2.24) is 4.90 Å². The van der Waals surface area contributed by atoms with Crippen molar-refractivity contribution >= 4 is 34.0 Å². The summed E-state index contributed by atoms with van der Waals surface area (Å²) in [5, 5.41) is 1.77. The number of carbonyl (C=O) groups excluding carboxylic acids is 2. The van der Waals surface area contributed by atoms with Crippen LogP contribution in [0.25, 0.3) is 10.8 Å². The molecule has 0 radical (unpaired) electrons. The molecule has 2 aliphatic heterocycles. The van der Waals surface area contributed by atoms with E-state index in [2.05, 4.69) is 16.8 Å². The van der Waals surface area contributed by atoms with E-state index < -0.39 is 0 Å². The average Bonchev–Trinajstić information content (AvgIpc) is 2.75. The molecule has 0 spiro atoms. The van der Waals surface area contributed by atoms with E-state index in [-0.39, 0.29) is 11.8 Å². The fraction of sp³-hybridized carbons (Fsp3) is 0.280. The number of amides is 2. The van der Waals surface area contributed by atoms with Gasteiger partial charge in [0.2, 0.25) is 0 Å². The van der Waals surface area contributed by atoms with Gasteiger partial charge in [0.15, 0.2) is 0 Å². The van der Waals surface area contributed by atoms with E-state index >= 15 is 0 Å². The summed E-state index contributed by atoms with van der Waals surface area (Å²) in [6.45, 7) is 7.83. The van der Waals surface area contributed by atoms with Crippen LogP contribution in [0.2, 0.25) is 0 Å². The van der Waals surface area contributed by atoms with Crippen LogP contribution in [-0.2, 0) is 0 Å². The third-order valence-corrected chi connectivity index (χ3v) is 6.55. The van der Waals surface area contributed by atoms with Crippen molar-refractivity contribution in [2.75, 3.05) is 43.0 Å². The number of piperazine rings is 1. The predicted molar refractivity (Wildman–Crippen MR) is 121 cm³/mol. The lowest BCUT2D eigenvalue weighted by atomic mass is 9.91. The van der Waals surface area contributed by atoms with Gasteiger partial charge in [-0.1, -0.05) is 24.3 Å². The first-order valence-electron chi connectivity index (χ1n) is 10.4. The monoisotopic (exact) mass is 399 g/mol. The van der Waals surface area contributed by atoms with Crippen molar-refractivity contribution in [3.8, 4) is 0 Å². The Morgan fingerprint density at radius 3 is 2.13 bits per heavy atom. The van der Waals surface area contributed by atoms with Crippen LogP contribution in [0.3, 0.4) is 0 Å². The smallest absolute Gasteiger partial charge is 0.265 e. The summed E-state index contributed by atoms with van der Waals surface area (Å²) in [6, 6.07) is 15.5. The topological polar surface area (TPSA) is 43.9 Å². The van der Waals surface area contributed by atoms with Crippen molar-refractivity contribution in [1.29, 1.82) is 0 Å². The second kappa shape index (κ2) is 6.96. The van der Waals surface area contributed by atoms with Gasteiger partial charge in [-0.2, -0.15) is 0 Å². The summed E-state index contributed by atoms with van der Waals surface area (Å²) in [6.07, 6.45) is 0. The minimum absolute atomic E-state index is 0.248. The van der Waals surface area contributed by atoms with Crippen LogP contribution in [0, 0.1) is 13.8 Å². The van der Waals surface area contributed by atoms with Gasteiger partial charge in [0.05, 0.1) is 5.69 Å². The summed E-state index contributed by atoms with van der Waals surface area (Å²) in [5.41, 5.74) is 4.96. The second-order valence-electron chi connectivity index (χ2n) is 8.32. The molecule has 0 unspecified atom stereocenters. The van der Waals surface area contributed by atoms with Crippen molar-refractivity contribution in [2.45, 2.75) is 13.8 Å². The zero-order valence-corrected chi connectivity index (χ0v) is 17.6. The predicted octanol–water partition coefficient (Wildman–Crippen LogP) is 4.01. The molecule has 30 heavy (non-hydrogen) atoms. The number of carbonyl (C=O) groups is 2. The van der Waals surface area contributed by atoms with Crippen LogP contribution >= 0.6 is 0 Å². The molecule has 0 N–H and O–H groups in total. The molecule has 2 amide bonds. The maximum atomic E-state index is 13.5. The molecule has 5 heteroatoms. The summed E-state index contributed by atoms with van der Waals surface area (Å²) >= 11 is 0. The van der Waals surface area contributed by atoms with Crippen LogP contribution in [0.4, 0.5) is 11.4 Å². The molecule has 152 valence electrons. The Balaban J connectivity index is 1.67. The van der Waals surface area contributed by atoms with E-state index in [4.69, 9.17) is 0 Å². The normalized spacial score (nSPS) is 17.2. The molecule has 0 aliphatic carbocycles. The third-order valence-electron chi connectivity index (χ3n) is 6.55. The minimum Gasteiger partial charge on any atom is -0.368 e. The fourth-order valence-electron chi connectivity index (χ4n) is 4.60. The summed E-state index contributed by atoms with van der Waals surface area (Å²) in [4.78, 5) is 33.0. The first-order valence-corrected chi connectivity index (χ1v) is 10.4. The van der Waals surface area contributed by atoms with Gasteiger partial charge in [0.1, 0.15) is 0 Å². The van der Waals surface area contributed by atoms with E-state index in [0.717, 1.165) is 53.8 Å². The lowest BCUT2D eigenvalue weighted by Crippen LogP contribution is -2.45. The van der Waals surface area contributed by atoms with E-state index in [0.29, 0.717) is 16.8 Å². The van der Waals surface area contributed by atoms with Crippen LogP contribution in [0.15, 0.2) is 48.5 Å². The van der Waals surface area contributed by atoms with E-state index in [1.165, 1.54) is 4.90 Å². The number of nitrogens with zero attached hydrogens (tertiary/aromatic N) is 3. The first-order chi connectivity index (χ1) is 14.5. The van der Waals surface area contributed by atoms with Gasteiger partial charge in [0, 0.05) is 53.8 Å². The third kappa shape index (κ3) is 2.73. The van der Waals surface area contributed by atoms with Gasteiger partial charge in [-0.15, -0.1) is 0 Å². The molecule has 0 aromatic heterocycles. The Hall–Kier alpha value is -3.18. The number of anilines is 2. The minimum atomic E-state index is -0.248. The van der Waals surface area contributed by atoms with Crippen LogP contribution < -0.4 is 9.80 Å². The number of hydrogen-bond donors (Lipinski definition) is 0. The molecule has 0 bridgehead atoms. The number of benzene rings is 3. The molecule has 3 aromatic carbocycles. The summed E-state index contributed by atoms with van der Waals surface area (Å²) in [5.74, 6) is -0.496.